The highest BCUT2D eigenvalue weighted by atomic mass is 35.5. The number of rotatable bonds is 8. The molecule has 22 heavy (non-hydrogen) atoms. The smallest absolute Gasteiger partial charge is 0.271 e. The van der Waals surface area contributed by atoms with Crippen molar-refractivity contribution in [1.82, 2.24) is 20.6 Å². The third kappa shape index (κ3) is 5.23. The number of amides is 2. The molecule has 0 aromatic carbocycles. The van der Waals surface area contributed by atoms with Gasteiger partial charge in [0, 0.05) is 32.0 Å². The summed E-state index contributed by atoms with van der Waals surface area (Å²) in [6.45, 7) is 4.90. The van der Waals surface area contributed by atoms with Gasteiger partial charge in [0.15, 0.2) is 0 Å². The Bertz CT molecular complexity index is 457. The fourth-order valence-electron chi connectivity index (χ4n) is 2.00. The van der Waals surface area contributed by atoms with Crippen LogP contribution in [-0.2, 0) is 4.79 Å². The molecule has 0 atom stereocenters. The molecule has 0 unspecified atom stereocenters. The molecule has 8 heteroatoms. The number of carbonyl (C=O) groups excluding carboxylic acids is 2. The van der Waals surface area contributed by atoms with Gasteiger partial charge in [-0.1, -0.05) is 13.8 Å². The molecule has 0 spiro atoms. The molecule has 0 aliphatic rings. The van der Waals surface area contributed by atoms with Crippen LogP contribution >= 0.6 is 12.4 Å². The molecule has 1 heterocycles. The number of carbonyl (C=O) groups is 2. The lowest BCUT2D eigenvalue weighted by atomic mass is 9.81. The number of nitrogens with zero attached hydrogens (tertiary/aromatic N) is 2. The van der Waals surface area contributed by atoms with Crippen molar-refractivity contribution < 1.29 is 9.59 Å². The monoisotopic (exact) mass is 329 g/mol. The lowest BCUT2D eigenvalue weighted by Crippen LogP contribution is -2.47. The second-order valence-corrected chi connectivity index (χ2v) is 4.79. The van der Waals surface area contributed by atoms with Crippen LogP contribution < -0.4 is 16.4 Å². The van der Waals surface area contributed by atoms with E-state index in [1.165, 1.54) is 18.6 Å². The largest absolute Gasteiger partial charge is 0.354 e. The molecule has 0 aliphatic heterocycles. The Hall–Kier alpha value is -1.73. The topological polar surface area (TPSA) is 110 Å². The molecule has 7 nitrogen and oxygen atoms in total. The molecular weight excluding hydrogens is 306 g/mol. The number of aromatic nitrogens is 2. The Morgan fingerprint density at radius 1 is 1.18 bits per heavy atom. The van der Waals surface area contributed by atoms with Crippen molar-refractivity contribution in [2.45, 2.75) is 26.7 Å². The second-order valence-electron chi connectivity index (χ2n) is 4.79. The van der Waals surface area contributed by atoms with E-state index >= 15 is 0 Å². The Morgan fingerprint density at radius 3 is 2.32 bits per heavy atom. The number of nitrogens with one attached hydrogen (secondary N) is 2. The van der Waals surface area contributed by atoms with Crippen LogP contribution in [0.1, 0.15) is 37.2 Å². The third-order valence-corrected chi connectivity index (χ3v) is 3.72. The zero-order valence-electron chi connectivity index (χ0n) is 13.0. The second kappa shape index (κ2) is 10.1. The Morgan fingerprint density at radius 2 is 1.82 bits per heavy atom. The fourth-order valence-corrected chi connectivity index (χ4v) is 2.00. The first-order chi connectivity index (χ1) is 10.1. The molecule has 0 saturated carbocycles. The summed E-state index contributed by atoms with van der Waals surface area (Å²) in [5.41, 5.74) is 5.45. The minimum absolute atomic E-state index is 0. The van der Waals surface area contributed by atoms with Crippen LogP contribution in [0.25, 0.3) is 0 Å². The van der Waals surface area contributed by atoms with Crippen LogP contribution in [0.3, 0.4) is 0 Å². The summed E-state index contributed by atoms with van der Waals surface area (Å²) < 4.78 is 0. The van der Waals surface area contributed by atoms with Gasteiger partial charge in [-0.3, -0.25) is 14.6 Å². The van der Waals surface area contributed by atoms with Crippen LogP contribution in [0.5, 0.6) is 0 Å². The van der Waals surface area contributed by atoms with Crippen molar-refractivity contribution in [2.24, 2.45) is 11.1 Å². The van der Waals surface area contributed by atoms with Crippen molar-refractivity contribution in [1.29, 1.82) is 0 Å². The molecule has 2 amide bonds. The van der Waals surface area contributed by atoms with Gasteiger partial charge in [-0.05, 0) is 12.8 Å². The predicted octanol–water partition coefficient (Wildman–Crippen LogP) is 0.510. The first-order valence-electron chi connectivity index (χ1n) is 7.12. The predicted molar refractivity (Wildman–Crippen MR) is 86.7 cm³/mol. The van der Waals surface area contributed by atoms with Gasteiger partial charge in [0.05, 0.1) is 11.6 Å². The molecule has 1 aromatic heterocycles. The van der Waals surface area contributed by atoms with Gasteiger partial charge in [-0.2, -0.15) is 0 Å². The van der Waals surface area contributed by atoms with Crippen LogP contribution in [0, 0.1) is 5.41 Å². The number of hydrogen-bond donors (Lipinski definition) is 3. The van der Waals surface area contributed by atoms with Crippen LogP contribution in [0.2, 0.25) is 0 Å². The molecule has 0 fully saturated rings. The highest BCUT2D eigenvalue weighted by molar-refractivity contribution is 5.91. The van der Waals surface area contributed by atoms with Gasteiger partial charge in [0.1, 0.15) is 5.69 Å². The van der Waals surface area contributed by atoms with E-state index in [0.717, 1.165) is 0 Å². The lowest BCUT2D eigenvalue weighted by molar-refractivity contribution is -0.130. The molecule has 1 rings (SSSR count). The summed E-state index contributed by atoms with van der Waals surface area (Å²) in [5.74, 6) is -0.378. The SMILES string of the molecule is CCC(CC)(CN)C(=O)NCCNC(=O)c1cnccn1.Cl. The van der Waals surface area contributed by atoms with E-state index < -0.39 is 5.41 Å². The molecule has 0 aliphatic carbocycles. The first-order valence-corrected chi connectivity index (χ1v) is 7.12. The summed E-state index contributed by atoms with van der Waals surface area (Å²) in [7, 11) is 0. The molecule has 0 bridgehead atoms. The van der Waals surface area contributed by atoms with Gasteiger partial charge in [-0.15, -0.1) is 12.4 Å². The lowest BCUT2D eigenvalue weighted by Gasteiger charge is -2.28. The highest BCUT2D eigenvalue weighted by Gasteiger charge is 2.32. The summed E-state index contributed by atoms with van der Waals surface area (Å²) in [6.07, 6.45) is 5.73. The summed E-state index contributed by atoms with van der Waals surface area (Å²) in [5, 5.41) is 5.49. The van der Waals surface area contributed by atoms with E-state index in [1.54, 1.807) is 0 Å². The maximum Gasteiger partial charge on any atom is 0.271 e. The van der Waals surface area contributed by atoms with E-state index in [9.17, 15) is 9.59 Å². The van der Waals surface area contributed by atoms with Crippen molar-refractivity contribution in [3.63, 3.8) is 0 Å². The number of hydrogen-bond acceptors (Lipinski definition) is 5. The van der Waals surface area contributed by atoms with Gasteiger partial charge in [0.2, 0.25) is 5.91 Å². The normalized spacial score (nSPS) is 10.5. The minimum atomic E-state index is -0.519. The van der Waals surface area contributed by atoms with E-state index in [-0.39, 0.29) is 29.9 Å². The van der Waals surface area contributed by atoms with Gasteiger partial charge < -0.3 is 16.4 Å². The van der Waals surface area contributed by atoms with Gasteiger partial charge >= 0.3 is 0 Å². The Kier molecular flexibility index (Phi) is 9.28. The van der Waals surface area contributed by atoms with Crippen LogP contribution in [-0.4, -0.2) is 41.4 Å². The van der Waals surface area contributed by atoms with Gasteiger partial charge in [-0.25, -0.2) is 4.98 Å². The number of nitrogens with two attached hydrogens (primary N) is 1. The molecular formula is C14H24ClN5O2. The van der Waals surface area contributed by atoms with Crippen molar-refractivity contribution in [3.05, 3.63) is 24.3 Å². The quantitative estimate of drug-likeness (QED) is 0.602. The van der Waals surface area contributed by atoms with Crippen LogP contribution in [0.4, 0.5) is 0 Å². The molecule has 0 saturated heterocycles. The Balaban J connectivity index is 0.00000441. The van der Waals surface area contributed by atoms with E-state index in [1.807, 2.05) is 13.8 Å². The van der Waals surface area contributed by atoms with Crippen molar-refractivity contribution >= 4 is 24.2 Å². The molecule has 124 valence electrons. The van der Waals surface area contributed by atoms with E-state index in [2.05, 4.69) is 20.6 Å². The van der Waals surface area contributed by atoms with Gasteiger partial charge in [0.25, 0.3) is 5.91 Å². The van der Waals surface area contributed by atoms with Crippen molar-refractivity contribution in [2.75, 3.05) is 19.6 Å². The maximum atomic E-state index is 12.1. The summed E-state index contributed by atoms with van der Waals surface area (Å²) >= 11 is 0. The third-order valence-electron chi connectivity index (χ3n) is 3.72. The maximum absolute atomic E-state index is 12.1. The Labute approximate surface area is 136 Å². The van der Waals surface area contributed by atoms with E-state index in [0.29, 0.717) is 32.5 Å². The fraction of sp³-hybridized carbons (Fsp3) is 0.571. The highest BCUT2D eigenvalue weighted by Crippen LogP contribution is 2.24. The zero-order chi connectivity index (χ0) is 15.7. The van der Waals surface area contributed by atoms with Crippen molar-refractivity contribution in [3.8, 4) is 0 Å². The zero-order valence-corrected chi connectivity index (χ0v) is 13.8. The molecule has 4 N–H and O–H groups in total. The minimum Gasteiger partial charge on any atom is -0.354 e. The van der Waals surface area contributed by atoms with E-state index in [4.69, 9.17) is 5.73 Å². The van der Waals surface area contributed by atoms with Crippen LogP contribution in [0.15, 0.2) is 18.6 Å². The molecule has 0 radical (unpaired) electrons. The average molecular weight is 330 g/mol. The summed E-state index contributed by atoms with van der Waals surface area (Å²) in [6, 6.07) is 0. The molecule has 1 aromatic rings. The average Bonchev–Trinajstić information content (AvgIpc) is 2.54. The number of halogens is 1. The standard InChI is InChI=1S/C14H23N5O2.ClH/c1-3-14(4-2,10-15)13(21)19-8-7-18-12(20)11-9-16-5-6-17-11;/h5-6,9H,3-4,7-8,10,15H2,1-2H3,(H,18,20)(H,19,21);1H. The first kappa shape index (κ1) is 20.3. The summed E-state index contributed by atoms with van der Waals surface area (Å²) in [4.78, 5) is 31.6.